The molecule has 156 valence electrons. The number of carbonyl (C=O) groups excluding carboxylic acids is 2. The van der Waals surface area contributed by atoms with Crippen LogP contribution in [0.1, 0.15) is 118 Å². The molecule has 0 aromatic heterocycles. The average Bonchev–Trinajstić information content (AvgIpc) is 2.52. The Morgan fingerprint density at radius 1 is 0.556 bits per heavy atom. The first-order chi connectivity index (χ1) is 12.3. The van der Waals surface area contributed by atoms with Gasteiger partial charge in [-0.3, -0.25) is 0 Å². The minimum absolute atomic E-state index is 0. The van der Waals surface area contributed by atoms with Gasteiger partial charge in [-0.25, -0.2) is 0 Å². The number of unbranched alkanes of at least 4 members (excludes halogenated alkanes) is 8. The van der Waals surface area contributed by atoms with Gasteiger partial charge in [0, 0.05) is 11.9 Å². The van der Waals surface area contributed by atoms with Gasteiger partial charge in [0.15, 0.2) is 0 Å². The molecule has 0 heterocycles. The van der Waals surface area contributed by atoms with E-state index < -0.39 is 11.9 Å². The van der Waals surface area contributed by atoms with Gasteiger partial charge in [0.25, 0.3) is 0 Å². The number of aliphatic carboxylic acids is 2. The molecule has 4 nitrogen and oxygen atoms in total. The van der Waals surface area contributed by atoms with Gasteiger partial charge in [-0.05, 0) is 37.5 Å². The molecule has 0 bridgehead atoms. The molecule has 0 radical (unpaired) electrons. The van der Waals surface area contributed by atoms with Gasteiger partial charge in [-0.1, -0.05) is 91.9 Å². The summed E-state index contributed by atoms with van der Waals surface area (Å²) in [6.07, 6.45) is 14.0. The first-order valence-electron chi connectivity index (χ1n) is 10.6. The molecule has 0 aliphatic carbocycles. The third kappa shape index (κ3) is 37.3. The Hall–Kier alpha value is -0.138. The molecular formula is C22H42CdO4. The van der Waals surface area contributed by atoms with Crippen molar-refractivity contribution in [2.75, 3.05) is 0 Å². The summed E-state index contributed by atoms with van der Waals surface area (Å²) in [5.74, 6) is -0.240. The number of rotatable bonds is 16. The Morgan fingerprint density at radius 2 is 0.815 bits per heavy atom. The number of hydrogen-bond acceptors (Lipinski definition) is 4. The van der Waals surface area contributed by atoms with Gasteiger partial charge in [0.1, 0.15) is 0 Å². The summed E-state index contributed by atoms with van der Waals surface area (Å²) in [7, 11) is 0. The summed E-state index contributed by atoms with van der Waals surface area (Å²) in [5, 5.41) is 20.1. The monoisotopic (exact) mass is 484 g/mol. The smallest absolute Gasteiger partial charge is 0.550 e. The van der Waals surface area contributed by atoms with E-state index in [-0.39, 0.29) is 40.1 Å². The van der Waals surface area contributed by atoms with Gasteiger partial charge >= 0.3 is 27.3 Å². The van der Waals surface area contributed by atoms with Crippen LogP contribution in [0.4, 0.5) is 0 Å². The first-order valence-corrected chi connectivity index (χ1v) is 10.6. The Balaban J connectivity index is -0.000000411. The Labute approximate surface area is 188 Å². The molecule has 27 heavy (non-hydrogen) atoms. The molecule has 0 aromatic rings. The van der Waals surface area contributed by atoms with E-state index in [2.05, 4.69) is 27.7 Å². The summed E-state index contributed by atoms with van der Waals surface area (Å²) in [6, 6.07) is 0. The predicted octanol–water partition coefficient (Wildman–Crippen LogP) is 4.24. The molecule has 0 saturated carbocycles. The van der Waals surface area contributed by atoms with E-state index in [4.69, 9.17) is 0 Å². The normalized spacial score (nSPS) is 10.3. The fraction of sp³-hybridized carbons (Fsp3) is 0.909. The van der Waals surface area contributed by atoms with Crippen LogP contribution in [0.2, 0.25) is 0 Å². The van der Waals surface area contributed by atoms with Crippen LogP contribution in [0.25, 0.3) is 0 Å². The van der Waals surface area contributed by atoms with E-state index in [1.807, 2.05) is 0 Å². The number of carboxylic acid groups (broad SMARTS) is 2. The first kappa shape index (κ1) is 31.6. The fourth-order valence-corrected chi connectivity index (χ4v) is 2.70. The van der Waals surface area contributed by atoms with Crippen molar-refractivity contribution in [3.8, 4) is 0 Å². The van der Waals surface area contributed by atoms with Gasteiger partial charge in [0.2, 0.25) is 0 Å². The van der Waals surface area contributed by atoms with E-state index in [0.29, 0.717) is 0 Å². The fourth-order valence-electron chi connectivity index (χ4n) is 2.70. The van der Waals surface area contributed by atoms with E-state index in [0.717, 1.165) is 37.5 Å². The summed E-state index contributed by atoms with van der Waals surface area (Å²) in [6.45, 7) is 8.93. The van der Waals surface area contributed by atoms with Crippen molar-refractivity contribution < 1.29 is 47.1 Å². The topological polar surface area (TPSA) is 80.3 Å². The largest absolute Gasteiger partial charge is 2.00 e. The molecule has 0 spiro atoms. The maximum absolute atomic E-state index is 10.1. The zero-order valence-electron chi connectivity index (χ0n) is 18.4. The van der Waals surface area contributed by atoms with E-state index in [1.165, 1.54) is 51.4 Å². The van der Waals surface area contributed by atoms with Crippen LogP contribution in [-0.2, 0) is 36.9 Å². The molecule has 0 aromatic carbocycles. The quantitative estimate of drug-likeness (QED) is 0.243. The van der Waals surface area contributed by atoms with Crippen molar-refractivity contribution in [1.82, 2.24) is 0 Å². The second-order valence-corrected chi connectivity index (χ2v) is 8.14. The Kier molecular flexibility index (Phi) is 27.9. The van der Waals surface area contributed by atoms with Crippen molar-refractivity contribution in [2.24, 2.45) is 11.8 Å². The summed E-state index contributed by atoms with van der Waals surface area (Å²) >= 11 is 0. The van der Waals surface area contributed by atoms with Crippen LogP contribution in [0.3, 0.4) is 0 Å². The maximum atomic E-state index is 10.1. The third-order valence-corrected chi connectivity index (χ3v) is 4.32. The molecule has 0 unspecified atom stereocenters. The molecule has 0 N–H and O–H groups in total. The minimum Gasteiger partial charge on any atom is -0.550 e. The zero-order chi connectivity index (χ0) is 20.2. The van der Waals surface area contributed by atoms with Crippen molar-refractivity contribution in [3.05, 3.63) is 0 Å². The van der Waals surface area contributed by atoms with Crippen LogP contribution in [0.15, 0.2) is 0 Å². The molecule has 0 rings (SSSR count). The molecule has 0 saturated heterocycles. The summed E-state index contributed by atoms with van der Waals surface area (Å²) in [4.78, 5) is 20.1. The van der Waals surface area contributed by atoms with Gasteiger partial charge in [-0.15, -0.1) is 0 Å². The minimum atomic E-state index is -0.915. The standard InChI is InChI=1S/2C11H22O2.Cd/c2*1-10(2)8-6-4-3-5-7-9-11(12)13;/h2*10H,3-9H2,1-2H3,(H,12,13);/q;;+2/p-2. The molecule has 5 heteroatoms. The molecular weight excluding hydrogens is 441 g/mol. The zero-order valence-corrected chi connectivity index (χ0v) is 22.4. The van der Waals surface area contributed by atoms with E-state index in [1.54, 1.807) is 0 Å². The summed E-state index contributed by atoms with van der Waals surface area (Å²) in [5.41, 5.74) is 0. The van der Waals surface area contributed by atoms with Crippen molar-refractivity contribution in [2.45, 2.75) is 118 Å². The van der Waals surface area contributed by atoms with Crippen LogP contribution >= 0.6 is 0 Å². The van der Waals surface area contributed by atoms with Crippen LogP contribution < -0.4 is 10.2 Å². The van der Waals surface area contributed by atoms with Crippen LogP contribution in [0, 0.1) is 11.8 Å². The molecule has 0 fully saturated rings. The number of carbonyl (C=O) groups is 2. The van der Waals surface area contributed by atoms with Gasteiger partial charge in [0.05, 0.1) is 0 Å². The number of carboxylic acids is 2. The molecule has 0 atom stereocenters. The van der Waals surface area contributed by atoms with Crippen molar-refractivity contribution in [3.63, 3.8) is 0 Å². The Morgan fingerprint density at radius 3 is 1.07 bits per heavy atom. The molecule has 0 amide bonds. The van der Waals surface area contributed by atoms with Crippen LogP contribution in [0.5, 0.6) is 0 Å². The molecule has 0 aliphatic heterocycles. The van der Waals surface area contributed by atoms with Gasteiger partial charge < -0.3 is 19.8 Å². The second kappa shape index (κ2) is 23.9. The maximum Gasteiger partial charge on any atom is 2.00 e. The van der Waals surface area contributed by atoms with E-state index >= 15 is 0 Å². The summed E-state index contributed by atoms with van der Waals surface area (Å²) < 4.78 is 0. The van der Waals surface area contributed by atoms with Crippen molar-refractivity contribution in [1.29, 1.82) is 0 Å². The number of hydrogen-bond donors (Lipinski definition) is 0. The third-order valence-electron chi connectivity index (χ3n) is 4.32. The van der Waals surface area contributed by atoms with Crippen LogP contribution in [-0.4, -0.2) is 11.9 Å². The Bertz CT molecular complexity index is 298. The van der Waals surface area contributed by atoms with E-state index in [9.17, 15) is 19.8 Å². The molecule has 0 aliphatic rings. The van der Waals surface area contributed by atoms with Crippen molar-refractivity contribution >= 4 is 11.9 Å². The average molecular weight is 483 g/mol. The predicted molar refractivity (Wildman–Crippen MR) is 104 cm³/mol. The SMILES string of the molecule is CC(C)CCCCCCCC(=O)[O-].CC(C)CCCCCCCC(=O)[O-].[Cd+2]. The van der Waals surface area contributed by atoms with Gasteiger partial charge in [-0.2, -0.15) is 0 Å². The second-order valence-electron chi connectivity index (χ2n) is 8.14.